The number of hydrazine groups is 1. The normalized spacial score (nSPS) is 13.3. The van der Waals surface area contributed by atoms with Crippen molar-refractivity contribution in [2.24, 2.45) is 5.84 Å². The van der Waals surface area contributed by atoms with E-state index >= 15 is 0 Å². The van der Waals surface area contributed by atoms with Gasteiger partial charge in [0, 0.05) is 6.04 Å². The highest BCUT2D eigenvalue weighted by Crippen LogP contribution is 2.15. The fraction of sp³-hybridized carbons (Fsp3) is 0.600. The van der Waals surface area contributed by atoms with Gasteiger partial charge in [-0.3, -0.25) is 11.3 Å². The summed E-state index contributed by atoms with van der Waals surface area (Å²) in [6.07, 6.45) is 2.05. The lowest BCUT2D eigenvalue weighted by molar-refractivity contribution is 0.358. The van der Waals surface area contributed by atoms with E-state index in [0.29, 0.717) is 12.0 Å². The average Bonchev–Trinajstić information content (AvgIpc) is 2.34. The van der Waals surface area contributed by atoms with Crippen molar-refractivity contribution < 1.29 is 0 Å². The number of nitrogens with two attached hydrogens (primary N) is 1. The summed E-state index contributed by atoms with van der Waals surface area (Å²) in [5.74, 6) is 6.21. The van der Waals surface area contributed by atoms with Crippen LogP contribution in [-0.2, 0) is 6.42 Å². The predicted octanol–water partition coefficient (Wildman–Crippen LogP) is 2.14. The van der Waals surface area contributed by atoms with Gasteiger partial charge in [-0.2, -0.15) is 0 Å². The summed E-state index contributed by atoms with van der Waals surface area (Å²) >= 11 is 0. The summed E-state index contributed by atoms with van der Waals surface area (Å²) in [6.45, 7) is 5.49. The minimum atomic E-state index is 0.345. The zero-order valence-electron chi connectivity index (χ0n) is 12.1. The molecule has 0 aliphatic carbocycles. The van der Waals surface area contributed by atoms with Gasteiger partial charge in [0.25, 0.3) is 0 Å². The van der Waals surface area contributed by atoms with Crippen LogP contribution in [-0.4, -0.2) is 31.6 Å². The summed E-state index contributed by atoms with van der Waals surface area (Å²) < 4.78 is 0. The van der Waals surface area contributed by atoms with E-state index in [0.717, 1.165) is 19.4 Å². The lowest BCUT2D eigenvalue weighted by Crippen LogP contribution is -2.38. The Morgan fingerprint density at radius 1 is 1.17 bits per heavy atom. The van der Waals surface area contributed by atoms with E-state index in [9.17, 15) is 0 Å². The van der Waals surface area contributed by atoms with Gasteiger partial charge in [0.2, 0.25) is 0 Å². The lowest BCUT2D eigenvalue weighted by Gasteiger charge is -2.18. The van der Waals surface area contributed by atoms with E-state index < -0.39 is 0 Å². The van der Waals surface area contributed by atoms with Crippen molar-refractivity contribution >= 4 is 0 Å². The molecule has 3 nitrogen and oxygen atoms in total. The molecule has 0 aliphatic heterocycles. The smallest absolute Gasteiger partial charge is 0.0263 e. The lowest BCUT2D eigenvalue weighted by atomic mass is 9.98. The van der Waals surface area contributed by atoms with Gasteiger partial charge in [0.15, 0.2) is 0 Å². The highest BCUT2D eigenvalue weighted by Gasteiger charge is 2.08. The summed E-state index contributed by atoms with van der Waals surface area (Å²) in [4.78, 5) is 2.19. The zero-order valence-corrected chi connectivity index (χ0v) is 12.1. The molecule has 102 valence electrons. The fourth-order valence-corrected chi connectivity index (χ4v) is 1.98. The number of nitrogens with one attached hydrogen (secondary N) is 1. The van der Waals surface area contributed by atoms with E-state index in [1.807, 2.05) is 0 Å². The molecule has 0 fully saturated rings. The molecular formula is C15H27N3. The van der Waals surface area contributed by atoms with Gasteiger partial charge >= 0.3 is 0 Å². The van der Waals surface area contributed by atoms with Crippen LogP contribution in [0.25, 0.3) is 0 Å². The van der Waals surface area contributed by atoms with Crippen LogP contribution in [0.2, 0.25) is 0 Å². The molecule has 0 spiro atoms. The van der Waals surface area contributed by atoms with Crippen molar-refractivity contribution in [2.45, 2.75) is 38.6 Å². The molecule has 0 aromatic heterocycles. The molecule has 1 aromatic rings. The first kappa shape index (κ1) is 15.2. The van der Waals surface area contributed by atoms with E-state index in [4.69, 9.17) is 5.84 Å². The number of hydrogen-bond acceptors (Lipinski definition) is 3. The molecule has 1 aromatic carbocycles. The number of nitrogens with zero attached hydrogens (tertiary/aromatic N) is 1. The standard InChI is InChI=1S/C15H27N3/c1-12(2)14-7-5-13(6-8-14)11-15(17-16)9-10-18(3)4/h5-8,12,15,17H,9-11,16H2,1-4H3. The topological polar surface area (TPSA) is 41.3 Å². The molecule has 0 bridgehead atoms. The predicted molar refractivity (Wildman–Crippen MR) is 78.5 cm³/mol. The molecule has 0 amide bonds. The third-order valence-corrected chi connectivity index (χ3v) is 3.29. The minimum absolute atomic E-state index is 0.345. The Balaban J connectivity index is 2.53. The van der Waals surface area contributed by atoms with Crippen LogP contribution in [0.4, 0.5) is 0 Å². The molecule has 0 heterocycles. The van der Waals surface area contributed by atoms with Crippen molar-refractivity contribution in [2.75, 3.05) is 20.6 Å². The van der Waals surface area contributed by atoms with Gasteiger partial charge in [-0.05, 0) is 50.5 Å². The number of hydrogen-bond donors (Lipinski definition) is 2. The number of rotatable bonds is 7. The summed E-state index contributed by atoms with van der Waals surface area (Å²) in [7, 11) is 4.18. The highest BCUT2D eigenvalue weighted by atomic mass is 15.2. The van der Waals surface area contributed by atoms with Gasteiger partial charge in [-0.25, -0.2) is 0 Å². The van der Waals surface area contributed by atoms with E-state index in [1.165, 1.54) is 11.1 Å². The molecule has 0 saturated carbocycles. The van der Waals surface area contributed by atoms with Crippen LogP contribution in [0.15, 0.2) is 24.3 Å². The maximum atomic E-state index is 5.62. The van der Waals surface area contributed by atoms with Crippen LogP contribution in [0, 0.1) is 0 Å². The maximum absolute atomic E-state index is 5.62. The number of benzene rings is 1. The van der Waals surface area contributed by atoms with Crippen LogP contribution < -0.4 is 11.3 Å². The van der Waals surface area contributed by atoms with Crippen molar-refractivity contribution in [3.63, 3.8) is 0 Å². The second-order valence-corrected chi connectivity index (χ2v) is 5.56. The van der Waals surface area contributed by atoms with Crippen LogP contribution in [0.5, 0.6) is 0 Å². The quantitative estimate of drug-likeness (QED) is 0.574. The molecule has 3 N–H and O–H groups in total. The Morgan fingerprint density at radius 2 is 1.78 bits per heavy atom. The fourth-order valence-electron chi connectivity index (χ4n) is 1.98. The van der Waals surface area contributed by atoms with Gasteiger partial charge in [0.05, 0.1) is 0 Å². The molecule has 18 heavy (non-hydrogen) atoms. The molecule has 0 radical (unpaired) electrons. The van der Waals surface area contributed by atoms with Crippen LogP contribution in [0.3, 0.4) is 0 Å². The third-order valence-electron chi connectivity index (χ3n) is 3.29. The molecule has 3 heteroatoms. The monoisotopic (exact) mass is 249 g/mol. The van der Waals surface area contributed by atoms with Gasteiger partial charge < -0.3 is 4.90 Å². The molecule has 0 aliphatic rings. The molecular weight excluding hydrogens is 222 g/mol. The Bertz CT molecular complexity index is 330. The summed E-state index contributed by atoms with van der Waals surface area (Å²) in [5.41, 5.74) is 5.66. The van der Waals surface area contributed by atoms with E-state index in [2.05, 4.69) is 62.5 Å². The van der Waals surface area contributed by atoms with Crippen LogP contribution >= 0.6 is 0 Å². The molecule has 1 rings (SSSR count). The Hall–Kier alpha value is -0.900. The summed E-state index contributed by atoms with van der Waals surface area (Å²) in [5, 5.41) is 0. The van der Waals surface area contributed by atoms with Gasteiger partial charge in [0.1, 0.15) is 0 Å². The highest BCUT2D eigenvalue weighted by molar-refractivity contribution is 5.25. The first-order valence-corrected chi connectivity index (χ1v) is 6.72. The Labute approximate surface area is 111 Å². The van der Waals surface area contributed by atoms with Crippen LogP contribution in [0.1, 0.15) is 37.3 Å². The zero-order chi connectivity index (χ0) is 13.5. The van der Waals surface area contributed by atoms with E-state index in [-0.39, 0.29) is 0 Å². The first-order valence-electron chi connectivity index (χ1n) is 6.72. The molecule has 0 saturated heterocycles. The second-order valence-electron chi connectivity index (χ2n) is 5.56. The SMILES string of the molecule is CC(C)c1ccc(CC(CCN(C)C)NN)cc1. The van der Waals surface area contributed by atoms with Gasteiger partial charge in [-0.1, -0.05) is 38.1 Å². The van der Waals surface area contributed by atoms with E-state index in [1.54, 1.807) is 0 Å². The van der Waals surface area contributed by atoms with Crippen molar-refractivity contribution in [1.29, 1.82) is 0 Å². The maximum Gasteiger partial charge on any atom is 0.0263 e. The second kappa shape index (κ2) is 7.52. The largest absolute Gasteiger partial charge is 0.309 e. The van der Waals surface area contributed by atoms with Crippen molar-refractivity contribution in [3.8, 4) is 0 Å². The third kappa shape index (κ3) is 5.17. The van der Waals surface area contributed by atoms with Crippen molar-refractivity contribution in [3.05, 3.63) is 35.4 Å². The van der Waals surface area contributed by atoms with Gasteiger partial charge in [-0.15, -0.1) is 0 Å². The molecule has 1 atom stereocenters. The Morgan fingerprint density at radius 3 is 2.22 bits per heavy atom. The summed E-state index contributed by atoms with van der Waals surface area (Å²) in [6, 6.07) is 9.22. The van der Waals surface area contributed by atoms with Crippen molar-refractivity contribution in [1.82, 2.24) is 10.3 Å². The average molecular weight is 249 g/mol. The first-order chi connectivity index (χ1) is 8.52. The minimum Gasteiger partial charge on any atom is -0.309 e. The molecule has 1 unspecified atom stereocenters. The Kier molecular flexibility index (Phi) is 6.33.